The van der Waals surface area contributed by atoms with Crippen molar-refractivity contribution in [3.05, 3.63) is 71.0 Å². The monoisotopic (exact) mass is 417 g/mol. The smallest absolute Gasteiger partial charge is 0.339 e. The number of nitrogens with zero attached hydrogens (tertiary/aromatic N) is 2. The first-order valence-corrected chi connectivity index (χ1v) is 9.47. The van der Waals surface area contributed by atoms with Gasteiger partial charge in [0, 0.05) is 24.6 Å². The average Bonchev–Trinajstić information content (AvgIpc) is 3.17. The second-order valence-electron chi connectivity index (χ2n) is 7.05. The van der Waals surface area contributed by atoms with Crippen LogP contribution >= 0.6 is 0 Å². The van der Waals surface area contributed by atoms with Crippen molar-refractivity contribution >= 4 is 17.6 Å². The van der Waals surface area contributed by atoms with Gasteiger partial charge in [-0.15, -0.1) is 0 Å². The van der Waals surface area contributed by atoms with E-state index in [0.29, 0.717) is 28.4 Å². The standard InChI is InChI=1S/C23H19N3O5/c1-30-15-7-8-18(19(9-15)31-2)26-12-17(23(28)29)21-22(26)16(10-20(27)25-21)14-5-3-13(11-24)4-6-14/h3-9,12,16H,10H2,1-2H3,(H,25,27)(H,28,29)/t16-/m0/s1. The third-order valence-corrected chi connectivity index (χ3v) is 5.35. The number of benzene rings is 2. The minimum atomic E-state index is -1.15. The van der Waals surface area contributed by atoms with E-state index in [2.05, 4.69) is 11.4 Å². The Morgan fingerprint density at radius 3 is 2.55 bits per heavy atom. The van der Waals surface area contributed by atoms with Crippen LogP contribution < -0.4 is 14.8 Å². The minimum Gasteiger partial charge on any atom is -0.497 e. The number of methoxy groups -OCH3 is 2. The lowest BCUT2D eigenvalue weighted by Crippen LogP contribution is -2.25. The van der Waals surface area contributed by atoms with Gasteiger partial charge in [0.15, 0.2) is 0 Å². The van der Waals surface area contributed by atoms with Gasteiger partial charge in [-0.2, -0.15) is 5.26 Å². The van der Waals surface area contributed by atoms with Crippen molar-refractivity contribution in [2.45, 2.75) is 12.3 Å². The van der Waals surface area contributed by atoms with Gasteiger partial charge in [-0.25, -0.2) is 4.79 Å². The van der Waals surface area contributed by atoms with Crippen molar-refractivity contribution in [1.82, 2.24) is 4.57 Å². The zero-order valence-corrected chi connectivity index (χ0v) is 16.9. The van der Waals surface area contributed by atoms with Crippen molar-refractivity contribution in [3.63, 3.8) is 0 Å². The Kier molecular flexibility index (Phi) is 5.09. The molecule has 2 heterocycles. The summed E-state index contributed by atoms with van der Waals surface area (Å²) >= 11 is 0. The number of aromatic nitrogens is 1. The molecule has 8 nitrogen and oxygen atoms in total. The number of carboxylic acids is 1. The number of carbonyl (C=O) groups excluding carboxylic acids is 1. The Morgan fingerprint density at radius 2 is 1.94 bits per heavy atom. The number of nitrogens with one attached hydrogen (secondary N) is 1. The number of carboxylic acid groups (broad SMARTS) is 1. The molecule has 0 unspecified atom stereocenters. The number of amides is 1. The summed E-state index contributed by atoms with van der Waals surface area (Å²) < 4.78 is 12.5. The average molecular weight is 417 g/mol. The van der Waals surface area contributed by atoms with Crippen molar-refractivity contribution in [2.24, 2.45) is 0 Å². The fourth-order valence-corrected chi connectivity index (χ4v) is 3.88. The number of hydrogen-bond donors (Lipinski definition) is 2. The first kappa shape index (κ1) is 20.0. The number of aromatic carboxylic acids is 1. The predicted octanol–water partition coefficient (Wildman–Crippen LogP) is 3.54. The third-order valence-electron chi connectivity index (χ3n) is 5.35. The van der Waals surface area contributed by atoms with E-state index in [9.17, 15) is 14.7 Å². The molecule has 0 saturated carbocycles. The molecular weight excluding hydrogens is 398 g/mol. The van der Waals surface area contributed by atoms with Crippen LogP contribution in [0, 0.1) is 11.3 Å². The van der Waals surface area contributed by atoms with E-state index >= 15 is 0 Å². The maximum atomic E-state index is 12.5. The van der Waals surface area contributed by atoms with Crippen molar-refractivity contribution in [1.29, 1.82) is 5.26 Å². The van der Waals surface area contributed by atoms with Gasteiger partial charge in [-0.3, -0.25) is 4.79 Å². The van der Waals surface area contributed by atoms with Crippen molar-refractivity contribution in [2.75, 3.05) is 19.5 Å². The fraction of sp³-hybridized carbons (Fsp3) is 0.174. The first-order valence-electron chi connectivity index (χ1n) is 9.47. The Bertz CT molecular complexity index is 1220. The van der Waals surface area contributed by atoms with E-state index in [1.54, 1.807) is 54.1 Å². The van der Waals surface area contributed by atoms with Crippen LogP contribution in [0.15, 0.2) is 48.7 Å². The van der Waals surface area contributed by atoms with Crippen LogP contribution in [0.2, 0.25) is 0 Å². The molecule has 1 aromatic heterocycles. The molecule has 0 radical (unpaired) electrons. The first-order chi connectivity index (χ1) is 15.0. The Balaban J connectivity index is 1.97. The molecule has 1 aliphatic rings. The highest BCUT2D eigenvalue weighted by Crippen LogP contribution is 2.43. The SMILES string of the molecule is COc1ccc(-n2cc(C(=O)O)c3c2[C@H](c2ccc(C#N)cc2)CC(=O)N3)c(OC)c1. The molecule has 31 heavy (non-hydrogen) atoms. The maximum Gasteiger partial charge on any atom is 0.339 e. The van der Waals surface area contributed by atoms with Crippen molar-refractivity contribution in [3.8, 4) is 23.3 Å². The number of hydrogen-bond acceptors (Lipinski definition) is 5. The van der Waals surface area contributed by atoms with Crippen LogP contribution in [0.4, 0.5) is 5.69 Å². The van der Waals surface area contributed by atoms with Crippen LogP contribution in [0.5, 0.6) is 11.5 Å². The van der Waals surface area contributed by atoms with Crippen LogP contribution in [0.3, 0.4) is 0 Å². The molecule has 156 valence electrons. The second-order valence-corrected chi connectivity index (χ2v) is 7.05. The van der Waals surface area contributed by atoms with Crippen molar-refractivity contribution < 1.29 is 24.2 Å². The molecule has 0 bridgehead atoms. The van der Waals surface area contributed by atoms with Gasteiger partial charge >= 0.3 is 5.97 Å². The van der Waals surface area contributed by atoms with E-state index in [1.807, 2.05) is 0 Å². The largest absolute Gasteiger partial charge is 0.497 e. The molecule has 0 spiro atoms. The molecule has 1 amide bonds. The quantitative estimate of drug-likeness (QED) is 0.656. The number of rotatable bonds is 5. The number of fused-ring (bicyclic) bond motifs is 1. The summed E-state index contributed by atoms with van der Waals surface area (Å²) in [5.74, 6) is -0.745. The Morgan fingerprint density at radius 1 is 1.19 bits per heavy atom. The Hall–Kier alpha value is -4.25. The zero-order chi connectivity index (χ0) is 22.1. The summed E-state index contributed by atoms with van der Waals surface area (Å²) in [4.78, 5) is 24.4. The van der Waals surface area contributed by atoms with Crippen LogP contribution in [0.25, 0.3) is 5.69 Å². The molecular formula is C23H19N3O5. The normalized spacial score (nSPS) is 14.9. The maximum absolute atomic E-state index is 12.5. The summed E-state index contributed by atoms with van der Waals surface area (Å²) in [5.41, 5.74) is 2.80. The molecule has 2 N–H and O–H groups in total. The number of carbonyl (C=O) groups is 2. The number of anilines is 1. The predicted molar refractivity (Wildman–Crippen MR) is 112 cm³/mol. The lowest BCUT2D eigenvalue weighted by Gasteiger charge is -2.26. The molecule has 1 aliphatic heterocycles. The number of ether oxygens (including phenoxy) is 2. The summed E-state index contributed by atoms with van der Waals surface area (Å²) in [6.07, 6.45) is 1.63. The molecule has 8 heteroatoms. The zero-order valence-electron chi connectivity index (χ0n) is 16.9. The minimum absolute atomic E-state index is 0.0143. The van der Waals surface area contributed by atoms with E-state index in [-0.39, 0.29) is 23.6 Å². The highest BCUT2D eigenvalue weighted by atomic mass is 16.5. The molecule has 2 aromatic carbocycles. The molecule has 0 fully saturated rings. The molecule has 0 saturated heterocycles. The lowest BCUT2D eigenvalue weighted by atomic mass is 9.87. The van der Waals surface area contributed by atoms with Gasteiger partial charge in [0.25, 0.3) is 0 Å². The van der Waals surface area contributed by atoms with Gasteiger partial charge in [0.2, 0.25) is 5.91 Å². The molecule has 0 aliphatic carbocycles. The highest BCUT2D eigenvalue weighted by molar-refractivity contribution is 6.04. The van der Waals surface area contributed by atoms with Crippen LogP contribution in [-0.2, 0) is 4.79 Å². The van der Waals surface area contributed by atoms with E-state index < -0.39 is 11.9 Å². The summed E-state index contributed by atoms with van der Waals surface area (Å²) in [6, 6.07) is 14.2. The Labute approximate surface area is 178 Å². The van der Waals surface area contributed by atoms with Gasteiger partial charge in [0.1, 0.15) is 17.1 Å². The summed E-state index contributed by atoms with van der Waals surface area (Å²) in [5, 5.41) is 21.6. The fourth-order valence-electron chi connectivity index (χ4n) is 3.88. The summed E-state index contributed by atoms with van der Waals surface area (Å²) in [6.45, 7) is 0. The third kappa shape index (κ3) is 3.46. The van der Waals surface area contributed by atoms with E-state index in [4.69, 9.17) is 14.7 Å². The van der Waals surface area contributed by atoms with Gasteiger partial charge < -0.3 is 24.5 Å². The molecule has 4 rings (SSSR count). The highest BCUT2D eigenvalue weighted by Gasteiger charge is 2.35. The van der Waals surface area contributed by atoms with Gasteiger partial charge in [-0.05, 0) is 29.8 Å². The van der Waals surface area contributed by atoms with E-state index in [1.165, 1.54) is 13.3 Å². The van der Waals surface area contributed by atoms with Crippen LogP contribution in [-0.4, -0.2) is 35.8 Å². The summed E-state index contributed by atoms with van der Waals surface area (Å²) in [7, 11) is 3.07. The van der Waals surface area contributed by atoms with Gasteiger partial charge in [0.05, 0.1) is 42.9 Å². The lowest BCUT2D eigenvalue weighted by molar-refractivity contribution is -0.116. The topological polar surface area (TPSA) is 114 Å². The van der Waals surface area contributed by atoms with Gasteiger partial charge in [-0.1, -0.05) is 12.1 Å². The number of nitriles is 1. The molecule has 3 aromatic rings. The second kappa shape index (κ2) is 7.88. The van der Waals surface area contributed by atoms with Crippen LogP contribution in [0.1, 0.15) is 39.5 Å². The van der Waals surface area contributed by atoms with E-state index in [0.717, 1.165) is 5.56 Å². The molecule has 1 atom stereocenters.